The minimum absolute atomic E-state index is 0.0107. The van der Waals surface area contributed by atoms with E-state index in [1.165, 1.54) is 32.1 Å². The van der Waals surface area contributed by atoms with E-state index in [4.69, 9.17) is 0 Å². The van der Waals surface area contributed by atoms with Crippen LogP contribution in [0.5, 0.6) is 0 Å². The van der Waals surface area contributed by atoms with E-state index in [2.05, 4.69) is 17.6 Å². The van der Waals surface area contributed by atoms with E-state index in [1.807, 2.05) is 0 Å². The van der Waals surface area contributed by atoms with Crippen molar-refractivity contribution < 1.29 is 5.11 Å². The fourth-order valence-corrected chi connectivity index (χ4v) is 3.46. The Morgan fingerprint density at radius 3 is 2.82 bits per heavy atom. The maximum atomic E-state index is 9.71. The molecule has 17 heavy (non-hydrogen) atoms. The van der Waals surface area contributed by atoms with Crippen LogP contribution in [0.3, 0.4) is 0 Å². The molecular weight excluding hydrogens is 212 g/mol. The third-order valence-electron chi connectivity index (χ3n) is 4.53. The van der Waals surface area contributed by atoms with Crippen molar-refractivity contribution in [2.45, 2.75) is 63.5 Å². The van der Waals surface area contributed by atoms with Crippen LogP contribution < -0.4 is 10.6 Å². The lowest BCUT2D eigenvalue weighted by Crippen LogP contribution is -2.55. The molecule has 3 atom stereocenters. The van der Waals surface area contributed by atoms with E-state index in [-0.39, 0.29) is 5.54 Å². The largest absolute Gasteiger partial charge is 0.394 e. The van der Waals surface area contributed by atoms with Crippen molar-refractivity contribution in [2.75, 3.05) is 19.7 Å². The molecule has 2 fully saturated rings. The number of nitrogens with one attached hydrogen (secondary N) is 2. The van der Waals surface area contributed by atoms with E-state index in [1.54, 1.807) is 0 Å². The molecule has 0 radical (unpaired) electrons. The van der Waals surface area contributed by atoms with Crippen LogP contribution in [-0.4, -0.2) is 36.4 Å². The van der Waals surface area contributed by atoms with Gasteiger partial charge < -0.3 is 15.7 Å². The third-order valence-corrected chi connectivity index (χ3v) is 4.53. The average Bonchev–Trinajstić information content (AvgIpc) is 2.38. The number of rotatable bonds is 4. The molecular formula is C14H28N2O. The molecule has 1 saturated carbocycles. The Hall–Kier alpha value is -0.120. The van der Waals surface area contributed by atoms with Gasteiger partial charge in [-0.25, -0.2) is 0 Å². The monoisotopic (exact) mass is 240 g/mol. The zero-order chi connectivity index (χ0) is 12.1. The molecule has 0 aromatic heterocycles. The summed E-state index contributed by atoms with van der Waals surface area (Å²) in [5, 5.41) is 16.9. The lowest BCUT2D eigenvalue weighted by atomic mass is 9.76. The lowest BCUT2D eigenvalue weighted by molar-refractivity contribution is 0.0960. The summed E-state index contributed by atoms with van der Waals surface area (Å²) in [6, 6.07) is 0.615. The summed E-state index contributed by atoms with van der Waals surface area (Å²) in [5.41, 5.74) is 0.0107. The number of piperidine rings is 1. The van der Waals surface area contributed by atoms with Crippen molar-refractivity contribution in [2.24, 2.45) is 5.92 Å². The quantitative estimate of drug-likeness (QED) is 0.700. The number of aliphatic hydroxyl groups excluding tert-OH is 1. The molecule has 1 saturated heterocycles. The number of hydrogen-bond acceptors (Lipinski definition) is 3. The zero-order valence-electron chi connectivity index (χ0n) is 11.2. The van der Waals surface area contributed by atoms with Gasteiger partial charge in [-0.2, -0.15) is 0 Å². The summed E-state index contributed by atoms with van der Waals surface area (Å²) in [5.74, 6) is 0.753. The van der Waals surface area contributed by atoms with Gasteiger partial charge in [0.2, 0.25) is 0 Å². The van der Waals surface area contributed by atoms with E-state index in [0.29, 0.717) is 12.6 Å². The first kappa shape index (κ1) is 13.3. The molecule has 3 heteroatoms. The van der Waals surface area contributed by atoms with Gasteiger partial charge in [0, 0.05) is 18.1 Å². The van der Waals surface area contributed by atoms with Crippen LogP contribution in [0, 0.1) is 5.92 Å². The summed E-state index contributed by atoms with van der Waals surface area (Å²) in [4.78, 5) is 0. The van der Waals surface area contributed by atoms with E-state index in [0.717, 1.165) is 31.8 Å². The number of aliphatic hydroxyl groups is 1. The molecule has 1 aliphatic heterocycles. The van der Waals surface area contributed by atoms with Crippen LogP contribution in [-0.2, 0) is 0 Å². The van der Waals surface area contributed by atoms with E-state index in [9.17, 15) is 5.11 Å². The molecule has 1 heterocycles. The first-order valence-corrected chi connectivity index (χ1v) is 7.33. The minimum Gasteiger partial charge on any atom is -0.394 e. The molecule has 0 aromatic rings. The van der Waals surface area contributed by atoms with Crippen molar-refractivity contribution in [1.82, 2.24) is 10.6 Å². The molecule has 3 N–H and O–H groups in total. The molecule has 3 nitrogen and oxygen atoms in total. The molecule has 100 valence electrons. The summed E-state index contributed by atoms with van der Waals surface area (Å²) in [7, 11) is 0. The minimum atomic E-state index is 0.0107. The molecule has 0 aromatic carbocycles. The standard InChI is InChI=1S/C14H28N2O/c1-12-5-4-7-14(9-12,11-17)16-10-13-6-2-3-8-15-13/h12-13,15-17H,2-11H2,1H3. The van der Waals surface area contributed by atoms with Gasteiger partial charge in [0.1, 0.15) is 0 Å². The first-order chi connectivity index (χ1) is 8.24. The maximum Gasteiger partial charge on any atom is 0.0613 e. The molecule has 2 rings (SSSR count). The SMILES string of the molecule is CC1CCCC(CO)(NCC2CCCCN2)C1. The van der Waals surface area contributed by atoms with Gasteiger partial charge in [0.05, 0.1) is 6.61 Å². The van der Waals surface area contributed by atoms with Crippen LogP contribution in [0.2, 0.25) is 0 Å². The fourth-order valence-electron chi connectivity index (χ4n) is 3.46. The van der Waals surface area contributed by atoms with Crippen LogP contribution in [0.4, 0.5) is 0 Å². The van der Waals surface area contributed by atoms with Crippen LogP contribution in [0.15, 0.2) is 0 Å². The lowest BCUT2D eigenvalue weighted by Gasteiger charge is -2.41. The normalized spacial score (nSPS) is 39.2. The van der Waals surface area contributed by atoms with Gasteiger partial charge in [0.15, 0.2) is 0 Å². The summed E-state index contributed by atoms with van der Waals surface area (Å²) >= 11 is 0. The molecule has 0 bridgehead atoms. The second kappa shape index (κ2) is 6.17. The van der Waals surface area contributed by atoms with Gasteiger partial charge in [-0.3, -0.25) is 0 Å². The summed E-state index contributed by atoms with van der Waals surface area (Å²) in [6.07, 6.45) is 8.80. The van der Waals surface area contributed by atoms with Gasteiger partial charge in [-0.1, -0.05) is 26.2 Å². The average molecular weight is 240 g/mol. The van der Waals surface area contributed by atoms with Gasteiger partial charge >= 0.3 is 0 Å². The molecule has 2 aliphatic rings. The van der Waals surface area contributed by atoms with Crippen LogP contribution in [0.1, 0.15) is 51.9 Å². The van der Waals surface area contributed by atoms with E-state index >= 15 is 0 Å². The highest BCUT2D eigenvalue weighted by Gasteiger charge is 2.34. The Balaban J connectivity index is 1.81. The predicted molar refractivity (Wildman–Crippen MR) is 71.1 cm³/mol. The van der Waals surface area contributed by atoms with Crippen molar-refractivity contribution in [3.63, 3.8) is 0 Å². The van der Waals surface area contributed by atoms with Gasteiger partial charge in [0.25, 0.3) is 0 Å². The summed E-state index contributed by atoms with van der Waals surface area (Å²) in [6.45, 7) is 4.79. The molecule has 0 spiro atoms. The van der Waals surface area contributed by atoms with Crippen molar-refractivity contribution in [1.29, 1.82) is 0 Å². The van der Waals surface area contributed by atoms with Crippen molar-refractivity contribution in [3.05, 3.63) is 0 Å². The highest BCUT2D eigenvalue weighted by atomic mass is 16.3. The number of hydrogen-bond donors (Lipinski definition) is 3. The Morgan fingerprint density at radius 1 is 1.29 bits per heavy atom. The second-order valence-electron chi connectivity index (χ2n) is 6.17. The predicted octanol–water partition coefficient (Wildman–Crippen LogP) is 1.66. The second-order valence-corrected chi connectivity index (χ2v) is 6.17. The van der Waals surface area contributed by atoms with Crippen LogP contribution >= 0.6 is 0 Å². The Bertz CT molecular complexity index is 228. The highest BCUT2D eigenvalue weighted by Crippen LogP contribution is 2.32. The van der Waals surface area contributed by atoms with Crippen LogP contribution in [0.25, 0.3) is 0 Å². The summed E-state index contributed by atoms with van der Waals surface area (Å²) < 4.78 is 0. The van der Waals surface area contributed by atoms with Gasteiger partial charge in [-0.05, 0) is 38.1 Å². The van der Waals surface area contributed by atoms with Gasteiger partial charge in [-0.15, -0.1) is 0 Å². The van der Waals surface area contributed by atoms with Crippen molar-refractivity contribution >= 4 is 0 Å². The Morgan fingerprint density at radius 2 is 2.18 bits per heavy atom. The molecule has 0 amide bonds. The topological polar surface area (TPSA) is 44.3 Å². The van der Waals surface area contributed by atoms with Crippen molar-refractivity contribution in [3.8, 4) is 0 Å². The Kier molecular flexibility index (Phi) is 4.83. The Labute approximate surface area is 105 Å². The fraction of sp³-hybridized carbons (Fsp3) is 1.00. The third kappa shape index (κ3) is 3.67. The smallest absolute Gasteiger partial charge is 0.0613 e. The maximum absolute atomic E-state index is 9.71. The zero-order valence-corrected chi connectivity index (χ0v) is 11.2. The molecule has 1 aliphatic carbocycles. The molecule has 3 unspecified atom stereocenters. The highest BCUT2D eigenvalue weighted by molar-refractivity contribution is 4.93. The first-order valence-electron chi connectivity index (χ1n) is 7.33. The van der Waals surface area contributed by atoms with E-state index < -0.39 is 0 Å².